The predicted octanol–water partition coefficient (Wildman–Crippen LogP) is 3.38. The highest BCUT2D eigenvalue weighted by Crippen LogP contribution is 2.36. The Morgan fingerprint density at radius 1 is 1.26 bits per heavy atom. The molecule has 2 atom stereocenters. The molecule has 0 saturated heterocycles. The molecule has 1 aliphatic carbocycles. The molecule has 1 aliphatic rings. The van der Waals surface area contributed by atoms with Crippen molar-refractivity contribution in [3.05, 3.63) is 47.5 Å². The van der Waals surface area contributed by atoms with Gasteiger partial charge in [0.25, 0.3) is 0 Å². The molecule has 19 heavy (non-hydrogen) atoms. The van der Waals surface area contributed by atoms with Crippen LogP contribution in [0, 0.1) is 0 Å². The lowest BCUT2D eigenvalue weighted by Gasteiger charge is -2.38. The summed E-state index contributed by atoms with van der Waals surface area (Å²) in [6.45, 7) is 0. The first-order chi connectivity index (χ1) is 9.33. The minimum absolute atomic E-state index is 0.433. The number of nitrogens with one attached hydrogen (secondary N) is 2. The zero-order valence-electron chi connectivity index (χ0n) is 10.4. The highest BCUT2D eigenvalue weighted by molar-refractivity contribution is 7.80. The molecule has 2 N–H and O–H groups in total. The second kappa shape index (κ2) is 5.67. The van der Waals surface area contributed by atoms with Crippen molar-refractivity contribution in [2.75, 3.05) is 5.32 Å². The Morgan fingerprint density at radius 2 is 2.11 bits per heavy atom. The zero-order chi connectivity index (χ0) is 13.1. The van der Waals surface area contributed by atoms with E-state index in [9.17, 15) is 0 Å². The van der Waals surface area contributed by atoms with Gasteiger partial charge in [0.2, 0.25) is 0 Å². The van der Waals surface area contributed by atoms with Gasteiger partial charge in [-0.15, -0.1) is 11.3 Å². The van der Waals surface area contributed by atoms with Gasteiger partial charge >= 0.3 is 0 Å². The molecule has 1 saturated carbocycles. The number of thiocarbonyl (C=S) groups is 1. The van der Waals surface area contributed by atoms with Crippen LogP contribution in [0.25, 0.3) is 0 Å². The average Bonchev–Trinajstić information content (AvgIpc) is 2.89. The quantitative estimate of drug-likeness (QED) is 0.850. The summed E-state index contributed by atoms with van der Waals surface area (Å²) >= 11 is 6.88. The fourth-order valence-corrected chi connectivity index (χ4v) is 3.20. The Balaban J connectivity index is 1.57. The van der Waals surface area contributed by atoms with Crippen LogP contribution in [0.5, 0.6) is 0 Å². The van der Waals surface area contributed by atoms with E-state index >= 15 is 0 Å². The molecule has 0 spiro atoms. The zero-order valence-corrected chi connectivity index (χ0v) is 12.0. The fourth-order valence-electron chi connectivity index (χ4n) is 2.36. The van der Waals surface area contributed by atoms with Crippen molar-refractivity contribution in [3.63, 3.8) is 0 Å². The van der Waals surface area contributed by atoms with Crippen LogP contribution in [0.4, 0.5) is 5.13 Å². The van der Waals surface area contributed by atoms with E-state index in [1.54, 1.807) is 17.5 Å². The molecule has 3 nitrogen and oxygen atoms in total. The minimum Gasteiger partial charge on any atom is -0.359 e. The molecule has 0 aliphatic heterocycles. The second-order valence-corrected chi connectivity index (χ2v) is 5.94. The molecule has 1 heterocycles. The first-order valence-corrected chi connectivity index (χ1v) is 7.63. The van der Waals surface area contributed by atoms with E-state index in [1.807, 2.05) is 5.38 Å². The van der Waals surface area contributed by atoms with Crippen LogP contribution >= 0.6 is 23.6 Å². The van der Waals surface area contributed by atoms with Crippen LogP contribution in [0.1, 0.15) is 24.3 Å². The molecule has 0 radical (unpaired) electrons. The maximum absolute atomic E-state index is 5.33. The van der Waals surface area contributed by atoms with Crippen LogP contribution in [-0.4, -0.2) is 16.1 Å². The number of nitrogens with zero attached hydrogens (tertiary/aromatic N) is 1. The Kier molecular flexibility index (Phi) is 3.75. The SMILES string of the molecule is S=C(Nc1nccs1)NC1CCC1c1ccccc1. The maximum atomic E-state index is 5.33. The minimum atomic E-state index is 0.433. The van der Waals surface area contributed by atoms with Crippen LogP contribution in [0.2, 0.25) is 0 Å². The van der Waals surface area contributed by atoms with Crippen molar-refractivity contribution in [3.8, 4) is 0 Å². The number of rotatable bonds is 3. The van der Waals surface area contributed by atoms with E-state index in [1.165, 1.54) is 18.4 Å². The third-order valence-corrected chi connectivity index (χ3v) is 4.38. The van der Waals surface area contributed by atoms with Crippen molar-refractivity contribution < 1.29 is 0 Å². The maximum Gasteiger partial charge on any atom is 0.188 e. The summed E-state index contributed by atoms with van der Waals surface area (Å²) in [7, 11) is 0. The van der Waals surface area contributed by atoms with Gasteiger partial charge in [-0.05, 0) is 30.6 Å². The van der Waals surface area contributed by atoms with Gasteiger partial charge in [-0.3, -0.25) is 0 Å². The first-order valence-electron chi connectivity index (χ1n) is 6.35. The summed E-state index contributed by atoms with van der Waals surface area (Å²) in [5.74, 6) is 0.567. The summed E-state index contributed by atoms with van der Waals surface area (Å²) in [5, 5.41) is 9.95. The molecule has 2 aromatic rings. The molecule has 3 rings (SSSR count). The molecule has 1 fully saturated rings. The summed E-state index contributed by atoms with van der Waals surface area (Å²) in [5.41, 5.74) is 1.39. The van der Waals surface area contributed by atoms with Crippen molar-refractivity contribution >= 4 is 33.8 Å². The van der Waals surface area contributed by atoms with Gasteiger partial charge in [0.15, 0.2) is 10.2 Å². The highest BCUT2D eigenvalue weighted by Gasteiger charge is 2.32. The predicted molar refractivity (Wildman–Crippen MR) is 83.7 cm³/mol. The van der Waals surface area contributed by atoms with Crippen LogP contribution in [-0.2, 0) is 0 Å². The van der Waals surface area contributed by atoms with Gasteiger partial charge < -0.3 is 10.6 Å². The summed E-state index contributed by atoms with van der Waals surface area (Å²) in [6.07, 6.45) is 4.16. The van der Waals surface area contributed by atoms with Gasteiger partial charge in [-0.25, -0.2) is 4.98 Å². The van der Waals surface area contributed by atoms with Gasteiger partial charge in [0.1, 0.15) is 0 Å². The van der Waals surface area contributed by atoms with E-state index in [0.717, 1.165) is 5.13 Å². The van der Waals surface area contributed by atoms with Crippen LogP contribution < -0.4 is 10.6 Å². The molecule has 1 aromatic heterocycles. The lowest BCUT2D eigenvalue weighted by Crippen LogP contribution is -2.46. The Bertz CT molecular complexity index is 539. The number of aromatic nitrogens is 1. The largest absolute Gasteiger partial charge is 0.359 e. The molecule has 0 amide bonds. The van der Waals surface area contributed by atoms with E-state index in [-0.39, 0.29) is 0 Å². The first kappa shape index (κ1) is 12.6. The molecule has 2 unspecified atom stereocenters. The Hall–Kier alpha value is -1.46. The van der Waals surface area contributed by atoms with Gasteiger partial charge in [-0.1, -0.05) is 30.3 Å². The number of benzene rings is 1. The molecular weight excluding hydrogens is 274 g/mol. The van der Waals surface area contributed by atoms with E-state index in [2.05, 4.69) is 45.9 Å². The van der Waals surface area contributed by atoms with Crippen molar-refractivity contribution in [2.45, 2.75) is 24.8 Å². The van der Waals surface area contributed by atoms with Crippen LogP contribution in [0.15, 0.2) is 41.9 Å². The summed E-state index contributed by atoms with van der Waals surface area (Å²) in [4.78, 5) is 4.16. The summed E-state index contributed by atoms with van der Waals surface area (Å²) in [6, 6.07) is 11.1. The van der Waals surface area contributed by atoms with Gasteiger partial charge in [0.05, 0.1) is 0 Å². The van der Waals surface area contributed by atoms with E-state index in [4.69, 9.17) is 12.2 Å². The topological polar surface area (TPSA) is 37.0 Å². The monoisotopic (exact) mass is 289 g/mol. The molecule has 98 valence electrons. The molecule has 5 heteroatoms. The Labute approximate surface area is 122 Å². The van der Waals surface area contributed by atoms with E-state index in [0.29, 0.717) is 17.1 Å². The van der Waals surface area contributed by atoms with Gasteiger partial charge in [0, 0.05) is 23.5 Å². The fraction of sp³-hybridized carbons (Fsp3) is 0.286. The second-order valence-electron chi connectivity index (χ2n) is 4.64. The normalized spacial score (nSPS) is 21.5. The number of anilines is 1. The number of thiazole rings is 1. The van der Waals surface area contributed by atoms with Crippen LogP contribution in [0.3, 0.4) is 0 Å². The molecule has 0 bridgehead atoms. The molecular formula is C14H15N3S2. The summed E-state index contributed by atoms with van der Waals surface area (Å²) < 4.78 is 0. The van der Waals surface area contributed by atoms with Crippen molar-refractivity contribution in [2.24, 2.45) is 0 Å². The van der Waals surface area contributed by atoms with Crippen molar-refractivity contribution in [1.29, 1.82) is 0 Å². The Morgan fingerprint density at radius 3 is 2.74 bits per heavy atom. The van der Waals surface area contributed by atoms with E-state index < -0.39 is 0 Å². The van der Waals surface area contributed by atoms with Crippen molar-refractivity contribution in [1.82, 2.24) is 10.3 Å². The van der Waals surface area contributed by atoms with Gasteiger partial charge in [-0.2, -0.15) is 0 Å². The number of hydrogen-bond acceptors (Lipinski definition) is 3. The number of hydrogen-bond donors (Lipinski definition) is 2. The standard InChI is InChI=1S/C14H15N3S2/c18-13(17-14-15-8-9-19-14)16-12-7-6-11(12)10-4-2-1-3-5-10/h1-5,8-9,11-12H,6-7H2,(H2,15,16,17,18). The average molecular weight is 289 g/mol. The molecule has 1 aromatic carbocycles. The smallest absolute Gasteiger partial charge is 0.188 e. The highest BCUT2D eigenvalue weighted by atomic mass is 32.1. The lowest BCUT2D eigenvalue weighted by molar-refractivity contribution is 0.319. The lowest BCUT2D eigenvalue weighted by atomic mass is 9.75. The third-order valence-electron chi connectivity index (χ3n) is 3.47. The third kappa shape index (κ3) is 2.93.